The molecule has 0 saturated carbocycles. The number of nitrogens with zero attached hydrogens (tertiary/aromatic N) is 4. The van der Waals surface area contributed by atoms with E-state index >= 15 is 0 Å². The molecule has 0 aromatic carbocycles. The molecule has 1 aromatic heterocycles. The van der Waals surface area contributed by atoms with E-state index in [1.807, 2.05) is 0 Å². The summed E-state index contributed by atoms with van der Waals surface area (Å²) in [6.45, 7) is 3.32. The molecule has 1 unspecified atom stereocenters. The smallest absolute Gasteiger partial charge is 0.111 e. The average Bonchev–Trinajstić information content (AvgIpc) is 2.71. The second kappa shape index (κ2) is 4.46. The van der Waals surface area contributed by atoms with E-state index in [4.69, 9.17) is 5.26 Å². The van der Waals surface area contributed by atoms with Gasteiger partial charge in [0, 0.05) is 26.2 Å². The Morgan fingerprint density at radius 3 is 3.43 bits per heavy atom. The Morgan fingerprint density at radius 1 is 1.79 bits per heavy atom. The van der Waals surface area contributed by atoms with Crippen LogP contribution in [0.4, 0.5) is 0 Å². The monoisotopic (exact) mass is 209 g/mol. The van der Waals surface area contributed by atoms with Crippen molar-refractivity contribution < 1.29 is 0 Å². The van der Waals surface area contributed by atoms with E-state index < -0.39 is 0 Å². The van der Waals surface area contributed by atoms with Gasteiger partial charge < -0.3 is 5.32 Å². The summed E-state index contributed by atoms with van der Waals surface area (Å²) in [6, 6.07) is 2.25. The van der Waals surface area contributed by atoms with Crippen LogP contribution in [0.25, 0.3) is 0 Å². The number of hydrogen-bond acceptors (Lipinski definition) is 6. The lowest BCUT2D eigenvalue weighted by molar-refractivity contribution is 0.187. The van der Waals surface area contributed by atoms with E-state index in [2.05, 4.69) is 25.0 Å². The van der Waals surface area contributed by atoms with Crippen molar-refractivity contribution in [3.05, 3.63) is 11.9 Å². The molecule has 2 heterocycles. The van der Waals surface area contributed by atoms with E-state index in [9.17, 15) is 0 Å². The van der Waals surface area contributed by atoms with Crippen LogP contribution in [0.2, 0.25) is 0 Å². The van der Waals surface area contributed by atoms with Crippen molar-refractivity contribution in [2.24, 2.45) is 0 Å². The van der Waals surface area contributed by atoms with Crippen LogP contribution in [0.15, 0.2) is 6.20 Å². The van der Waals surface area contributed by atoms with Gasteiger partial charge in [-0.05, 0) is 0 Å². The third-order valence-corrected chi connectivity index (χ3v) is 2.79. The zero-order chi connectivity index (χ0) is 9.80. The van der Waals surface area contributed by atoms with Crippen LogP contribution in [0.5, 0.6) is 0 Å². The van der Waals surface area contributed by atoms with E-state index in [1.54, 1.807) is 6.20 Å². The standard InChI is InChI=1S/C8H11N5S/c9-3-8-5-10-1-2-13(8)6-7-4-11-14-12-7/h4,8,10H,1-2,5-6H2. The maximum atomic E-state index is 8.92. The first kappa shape index (κ1) is 9.52. The molecule has 14 heavy (non-hydrogen) atoms. The highest BCUT2D eigenvalue weighted by Gasteiger charge is 2.22. The summed E-state index contributed by atoms with van der Waals surface area (Å²) >= 11 is 1.21. The van der Waals surface area contributed by atoms with Gasteiger partial charge >= 0.3 is 0 Å². The first-order chi connectivity index (χ1) is 6.90. The molecule has 0 radical (unpaired) electrons. The lowest BCUT2D eigenvalue weighted by atomic mass is 10.2. The summed E-state index contributed by atoms with van der Waals surface area (Å²) in [6.07, 6.45) is 1.77. The Morgan fingerprint density at radius 2 is 2.71 bits per heavy atom. The minimum Gasteiger partial charge on any atom is -0.313 e. The van der Waals surface area contributed by atoms with Crippen LogP contribution in [0, 0.1) is 11.3 Å². The van der Waals surface area contributed by atoms with E-state index in [0.29, 0.717) is 0 Å². The highest BCUT2D eigenvalue weighted by molar-refractivity contribution is 6.99. The zero-order valence-electron chi connectivity index (χ0n) is 7.68. The summed E-state index contributed by atoms with van der Waals surface area (Å²) in [5.41, 5.74) is 0.956. The molecule has 0 bridgehead atoms. The number of hydrogen-bond donors (Lipinski definition) is 1. The van der Waals surface area contributed by atoms with Crippen molar-refractivity contribution >= 4 is 11.7 Å². The van der Waals surface area contributed by atoms with E-state index in [0.717, 1.165) is 31.9 Å². The molecular weight excluding hydrogens is 198 g/mol. The Balaban J connectivity index is 1.99. The molecule has 1 aliphatic heterocycles. The third-order valence-electron chi connectivity index (χ3n) is 2.28. The highest BCUT2D eigenvalue weighted by Crippen LogP contribution is 2.08. The topological polar surface area (TPSA) is 64.8 Å². The Labute approximate surface area is 86.7 Å². The molecule has 0 amide bonds. The maximum absolute atomic E-state index is 8.92. The average molecular weight is 209 g/mol. The Kier molecular flexibility index (Phi) is 3.03. The summed E-state index contributed by atoms with van der Waals surface area (Å²) in [5.74, 6) is 0. The van der Waals surface area contributed by atoms with Gasteiger partial charge in [-0.15, -0.1) is 0 Å². The van der Waals surface area contributed by atoms with Gasteiger partial charge in [-0.2, -0.15) is 14.0 Å². The molecule has 74 valence electrons. The predicted molar refractivity (Wildman–Crippen MR) is 52.6 cm³/mol. The predicted octanol–water partition coefficient (Wildman–Crippen LogP) is -0.165. The lowest BCUT2D eigenvalue weighted by Gasteiger charge is -2.30. The van der Waals surface area contributed by atoms with Crippen molar-refractivity contribution in [2.75, 3.05) is 19.6 Å². The van der Waals surface area contributed by atoms with Gasteiger partial charge in [-0.25, -0.2) is 0 Å². The third kappa shape index (κ3) is 2.07. The van der Waals surface area contributed by atoms with Crippen LogP contribution >= 0.6 is 11.7 Å². The molecular formula is C8H11N5S. The fraction of sp³-hybridized carbons (Fsp3) is 0.625. The second-order valence-corrected chi connectivity index (χ2v) is 3.77. The molecule has 1 aromatic rings. The van der Waals surface area contributed by atoms with E-state index in [-0.39, 0.29) is 6.04 Å². The fourth-order valence-electron chi connectivity index (χ4n) is 1.52. The molecule has 1 saturated heterocycles. The molecule has 0 spiro atoms. The number of nitriles is 1. The molecule has 2 rings (SSSR count). The molecule has 1 atom stereocenters. The molecule has 6 heteroatoms. The highest BCUT2D eigenvalue weighted by atomic mass is 32.1. The van der Waals surface area contributed by atoms with Crippen molar-refractivity contribution in [1.29, 1.82) is 5.26 Å². The number of aromatic nitrogens is 2. The van der Waals surface area contributed by atoms with Gasteiger partial charge in [-0.3, -0.25) is 4.90 Å². The fourth-order valence-corrected chi connectivity index (χ4v) is 1.95. The van der Waals surface area contributed by atoms with Crippen LogP contribution < -0.4 is 5.32 Å². The van der Waals surface area contributed by atoms with Crippen LogP contribution in [-0.4, -0.2) is 39.3 Å². The minimum absolute atomic E-state index is 0.0366. The van der Waals surface area contributed by atoms with Gasteiger partial charge in [0.2, 0.25) is 0 Å². The largest absolute Gasteiger partial charge is 0.313 e. The van der Waals surface area contributed by atoms with Gasteiger partial charge in [0.15, 0.2) is 0 Å². The summed E-state index contributed by atoms with van der Waals surface area (Å²) in [7, 11) is 0. The van der Waals surface area contributed by atoms with Crippen molar-refractivity contribution in [2.45, 2.75) is 12.6 Å². The van der Waals surface area contributed by atoms with Crippen molar-refractivity contribution in [3.63, 3.8) is 0 Å². The number of rotatable bonds is 2. The molecule has 1 fully saturated rings. The maximum Gasteiger partial charge on any atom is 0.111 e. The van der Waals surface area contributed by atoms with Crippen LogP contribution in [0.3, 0.4) is 0 Å². The molecule has 5 nitrogen and oxygen atoms in total. The number of nitrogens with one attached hydrogen (secondary N) is 1. The van der Waals surface area contributed by atoms with E-state index in [1.165, 1.54) is 11.7 Å². The lowest BCUT2D eigenvalue weighted by Crippen LogP contribution is -2.50. The Bertz CT molecular complexity index is 317. The quantitative estimate of drug-likeness (QED) is 0.733. The van der Waals surface area contributed by atoms with Crippen LogP contribution in [-0.2, 0) is 6.54 Å². The SMILES string of the molecule is N#CC1CNCCN1Cc1cnsn1. The van der Waals surface area contributed by atoms with Crippen LogP contribution in [0.1, 0.15) is 5.69 Å². The Hall–Kier alpha value is -1.03. The molecule has 1 N–H and O–H groups in total. The summed E-state index contributed by atoms with van der Waals surface area (Å²) < 4.78 is 8.08. The zero-order valence-corrected chi connectivity index (χ0v) is 8.50. The number of piperazine rings is 1. The second-order valence-electron chi connectivity index (χ2n) is 3.22. The minimum atomic E-state index is -0.0366. The molecule has 1 aliphatic rings. The van der Waals surface area contributed by atoms with Gasteiger partial charge in [-0.1, -0.05) is 0 Å². The first-order valence-electron chi connectivity index (χ1n) is 4.51. The van der Waals surface area contributed by atoms with Gasteiger partial charge in [0.1, 0.15) is 6.04 Å². The molecule has 0 aliphatic carbocycles. The van der Waals surface area contributed by atoms with Gasteiger partial charge in [0.25, 0.3) is 0 Å². The summed E-state index contributed by atoms with van der Waals surface area (Å²) in [5, 5.41) is 12.1. The summed E-state index contributed by atoms with van der Waals surface area (Å²) in [4.78, 5) is 2.13. The van der Waals surface area contributed by atoms with Gasteiger partial charge in [0.05, 0.1) is 29.7 Å². The normalized spacial score (nSPS) is 23.2. The van der Waals surface area contributed by atoms with Crippen molar-refractivity contribution in [1.82, 2.24) is 19.0 Å². The first-order valence-corrected chi connectivity index (χ1v) is 5.24. The van der Waals surface area contributed by atoms with Crippen molar-refractivity contribution in [3.8, 4) is 6.07 Å².